The number of aromatic nitrogens is 5. The Morgan fingerprint density at radius 2 is 1.71 bits per heavy atom. The van der Waals surface area contributed by atoms with Gasteiger partial charge in [0, 0.05) is 29.7 Å². The molecule has 3 aromatic heterocycles. The van der Waals surface area contributed by atoms with Gasteiger partial charge >= 0.3 is 6.18 Å². The third-order valence-corrected chi connectivity index (χ3v) is 6.38. The molecule has 10 nitrogen and oxygen atoms in total. The first kappa shape index (κ1) is 27.6. The Kier molecular flexibility index (Phi) is 7.37. The van der Waals surface area contributed by atoms with Crippen molar-refractivity contribution in [2.24, 2.45) is 0 Å². The SMILES string of the molecule is CCn1nccc1C(=O)Nc1cccc(NC(=O)c2nn3c(C(F)(F)F)cc(-c4cccc(OC)c4)nc3c2Cl)c1. The molecule has 0 radical (unpaired) electrons. The van der Waals surface area contributed by atoms with Crippen LogP contribution in [0.4, 0.5) is 24.5 Å². The first-order valence-corrected chi connectivity index (χ1v) is 12.5. The molecule has 41 heavy (non-hydrogen) atoms. The molecule has 0 bridgehead atoms. The topological polar surface area (TPSA) is 115 Å². The van der Waals surface area contributed by atoms with E-state index in [2.05, 4.69) is 25.8 Å². The van der Waals surface area contributed by atoms with Crippen molar-refractivity contribution in [3.63, 3.8) is 0 Å². The number of anilines is 2. The molecule has 0 aliphatic rings. The van der Waals surface area contributed by atoms with Crippen LogP contribution >= 0.6 is 11.6 Å². The van der Waals surface area contributed by atoms with Crippen LogP contribution in [0.5, 0.6) is 5.75 Å². The van der Waals surface area contributed by atoms with Gasteiger partial charge in [0.2, 0.25) is 0 Å². The number of alkyl halides is 3. The van der Waals surface area contributed by atoms with Crippen molar-refractivity contribution in [2.75, 3.05) is 17.7 Å². The Hall–Kier alpha value is -4.91. The zero-order valence-electron chi connectivity index (χ0n) is 21.5. The zero-order valence-corrected chi connectivity index (χ0v) is 22.3. The van der Waals surface area contributed by atoms with E-state index in [-0.39, 0.29) is 22.1 Å². The van der Waals surface area contributed by atoms with Crippen molar-refractivity contribution >= 4 is 40.4 Å². The van der Waals surface area contributed by atoms with Gasteiger partial charge in [-0.2, -0.15) is 23.4 Å². The van der Waals surface area contributed by atoms with Crippen molar-refractivity contribution in [2.45, 2.75) is 19.6 Å². The number of carbonyl (C=O) groups is 2. The molecule has 0 saturated heterocycles. The van der Waals surface area contributed by atoms with E-state index in [9.17, 15) is 22.8 Å². The van der Waals surface area contributed by atoms with Crippen LogP contribution in [-0.4, -0.2) is 43.3 Å². The summed E-state index contributed by atoms with van der Waals surface area (Å²) in [7, 11) is 1.43. The summed E-state index contributed by atoms with van der Waals surface area (Å²) >= 11 is 6.38. The molecule has 210 valence electrons. The van der Waals surface area contributed by atoms with Crippen LogP contribution in [-0.2, 0) is 12.7 Å². The molecule has 3 heterocycles. The number of benzene rings is 2. The van der Waals surface area contributed by atoms with Crippen molar-refractivity contribution < 1.29 is 27.5 Å². The van der Waals surface area contributed by atoms with Gasteiger partial charge in [0.1, 0.15) is 16.5 Å². The summed E-state index contributed by atoms with van der Waals surface area (Å²) in [6.45, 7) is 2.34. The van der Waals surface area contributed by atoms with E-state index < -0.39 is 29.4 Å². The number of hydrogen-bond donors (Lipinski definition) is 2. The lowest BCUT2D eigenvalue weighted by molar-refractivity contribution is -0.142. The Labute approximate surface area is 235 Å². The molecular formula is C27H21ClF3N7O3. The fraction of sp³-hybridized carbons (Fsp3) is 0.148. The van der Waals surface area contributed by atoms with Crippen LogP contribution < -0.4 is 15.4 Å². The number of aryl methyl sites for hydroxylation is 1. The van der Waals surface area contributed by atoms with Crippen LogP contribution in [0.15, 0.2) is 66.9 Å². The van der Waals surface area contributed by atoms with Gasteiger partial charge in [-0.1, -0.05) is 29.8 Å². The molecule has 0 aliphatic heterocycles. The number of methoxy groups -OCH3 is 1. The number of rotatable bonds is 7. The third kappa shape index (κ3) is 5.57. The maximum Gasteiger partial charge on any atom is 0.433 e. The van der Waals surface area contributed by atoms with Gasteiger partial charge in [0.15, 0.2) is 17.0 Å². The molecular weight excluding hydrogens is 563 g/mol. The van der Waals surface area contributed by atoms with Gasteiger partial charge in [0.05, 0.1) is 12.8 Å². The molecule has 2 N–H and O–H groups in total. The lowest BCUT2D eigenvalue weighted by atomic mass is 10.1. The number of hydrogen-bond acceptors (Lipinski definition) is 6. The fourth-order valence-electron chi connectivity index (χ4n) is 4.11. The smallest absolute Gasteiger partial charge is 0.433 e. The van der Waals surface area contributed by atoms with E-state index in [0.717, 1.165) is 6.07 Å². The highest BCUT2D eigenvalue weighted by Gasteiger charge is 2.37. The largest absolute Gasteiger partial charge is 0.497 e. The van der Waals surface area contributed by atoms with Gasteiger partial charge in [-0.25, -0.2) is 9.50 Å². The maximum atomic E-state index is 14.0. The summed E-state index contributed by atoms with van der Waals surface area (Å²) < 4.78 is 49.3. The minimum Gasteiger partial charge on any atom is -0.497 e. The van der Waals surface area contributed by atoms with Gasteiger partial charge in [-0.05, 0) is 49.4 Å². The minimum atomic E-state index is -4.84. The second-order valence-corrected chi connectivity index (χ2v) is 9.05. The highest BCUT2D eigenvalue weighted by molar-refractivity contribution is 6.37. The lowest BCUT2D eigenvalue weighted by Gasteiger charge is -2.11. The maximum absolute atomic E-state index is 14.0. The zero-order chi connectivity index (χ0) is 29.3. The number of halogens is 4. The van der Waals surface area contributed by atoms with Crippen LogP contribution in [0.3, 0.4) is 0 Å². The van der Waals surface area contributed by atoms with E-state index in [1.165, 1.54) is 36.2 Å². The average Bonchev–Trinajstić information content (AvgIpc) is 3.57. The van der Waals surface area contributed by atoms with Crippen molar-refractivity contribution in [1.29, 1.82) is 0 Å². The molecule has 14 heteroatoms. The van der Waals surface area contributed by atoms with Crippen LogP contribution in [0.25, 0.3) is 16.9 Å². The number of nitrogens with one attached hydrogen (secondary N) is 2. The summed E-state index contributed by atoms with van der Waals surface area (Å²) in [5.74, 6) is -0.857. The highest BCUT2D eigenvalue weighted by Crippen LogP contribution is 2.35. The second kappa shape index (κ2) is 10.9. The van der Waals surface area contributed by atoms with Crippen molar-refractivity contribution in [1.82, 2.24) is 24.4 Å². The normalized spacial score (nSPS) is 11.5. The summed E-state index contributed by atoms with van der Waals surface area (Å²) in [6.07, 6.45) is -3.33. The van der Waals surface area contributed by atoms with E-state index >= 15 is 0 Å². The predicted octanol–water partition coefficient (Wildman–Crippen LogP) is 5.80. The quantitative estimate of drug-likeness (QED) is 0.250. The van der Waals surface area contributed by atoms with E-state index in [4.69, 9.17) is 16.3 Å². The number of carbonyl (C=O) groups excluding carboxylic acids is 2. The molecule has 0 aliphatic carbocycles. The van der Waals surface area contributed by atoms with Crippen LogP contribution in [0.2, 0.25) is 5.02 Å². The molecule has 2 aromatic carbocycles. The summed E-state index contributed by atoms with van der Waals surface area (Å²) in [4.78, 5) is 30.0. The Bertz CT molecular complexity index is 1780. The van der Waals surface area contributed by atoms with E-state index in [0.29, 0.717) is 33.8 Å². The summed E-state index contributed by atoms with van der Waals surface area (Å²) in [6, 6.07) is 14.9. The van der Waals surface area contributed by atoms with Gasteiger partial charge in [-0.3, -0.25) is 14.3 Å². The second-order valence-electron chi connectivity index (χ2n) is 8.68. The number of fused-ring (bicyclic) bond motifs is 1. The molecule has 0 unspecified atom stereocenters. The fourth-order valence-corrected chi connectivity index (χ4v) is 4.35. The monoisotopic (exact) mass is 583 g/mol. The first-order chi connectivity index (χ1) is 19.6. The molecule has 0 fully saturated rings. The minimum absolute atomic E-state index is 0.0367. The highest BCUT2D eigenvalue weighted by atomic mass is 35.5. The van der Waals surface area contributed by atoms with Crippen LogP contribution in [0.1, 0.15) is 33.6 Å². The Morgan fingerprint density at radius 1 is 1.00 bits per heavy atom. The van der Waals surface area contributed by atoms with Gasteiger partial charge < -0.3 is 15.4 Å². The van der Waals surface area contributed by atoms with Crippen LogP contribution in [0, 0.1) is 0 Å². The van der Waals surface area contributed by atoms with E-state index in [1.54, 1.807) is 36.4 Å². The molecule has 5 aromatic rings. The molecule has 0 saturated carbocycles. The van der Waals surface area contributed by atoms with E-state index in [1.807, 2.05) is 6.92 Å². The summed E-state index contributed by atoms with van der Waals surface area (Å²) in [5, 5.41) is 12.8. The first-order valence-electron chi connectivity index (χ1n) is 12.1. The molecule has 2 amide bonds. The predicted molar refractivity (Wildman–Crippen MR) is 145 cm³/mol. The lowest BCUT2D eigenvalue weighted by Crippen LogP contribution is -2.18. The Balaban J connectivity index is 1.46. The number of ether oxygens (including phenoxy) is 1. The van der Waals surface area contributed by atoms with Gasteiger partial charge in [0.25, 0.3) is 11.8 Å². The summed E-state index contributed by atoms with van der Waals surface area (Å²) in [5.41, 5.74) is -0.719. The molecule has 5 rings (SSSR count). The van der Waals surface area contributed by atoms with Crippen molar-refractivity contribution in [3.8, 4) is 17.0 Å². The standard InChI is InChI=1S/C27H21ClF3N7O3/c1-3-37-20(10-11-32-37)25(39)33-16-7-5-8-17(13-16)34-26(40)23-22(28)24-35-19(15-6-4-9-18(12-15)41-2)14-21(27(29,30)31)38(24)36-23/h4-14H,3H2,1-2H3,(H,33,39)(H,34,40). The Morgan fingerprint density at radius 3 is 2.39 bits per heavy atom. The van der Waals surface area contributed by atoms with Gasteiger partial charge in [-0.15, -0.1) is 0 Å². The number of nitrogens with zero attached hydrogens (tertiary/aromatic N) is 5. The molecule has 0 atom stereocenters. The molecule has 0 spiro atoms. The number of amides is 2. The third-order valence-electron chi connectivity index (χ3n) is 6.03. The van der Waals surface area contributed by atoms with Crippen molar-refractivity contribution in [3.05, 3.63) is 89.0 Å². The average molecular weight is 584 g/mol.